The zero-order valence-corrected chi connectivity index (χ0v) is 16.5. The number of anilines is 1. The van der Waals surface area contributed by atoms with Gasteiger partial charge in [-0.2, -0.15) is 9.61 Å². The summed E-state index contributed by atoms with van der Waals surface area (Å²) in [5.74, 6) is 0.645. The Bertz CT molecular complexity index is 969. The van der Waals surface area contributed by atoms with Gasteiger partial charge in [-0.25, -0.2) is 4.98 Å². The summed E-state index contributed by atoms with van der Waals surface area (Å²) < 4.78 is 1.34. The second kappa shape index (κ2) is 8.66. The molecule has 6 nitrogen and oxygen atoms in total. The predicted octanol–water partition coefficient (Wildman–Crippen LogP) is 3.63. The zero-order valence-electron chi connectivity index (χ0n) is 14.1. The molecule has 9 heteroatoms. The van der Waals surface area contributed by atoms with Crippen molar-refractivity contribution < 1.29 is 4.79 Å². The maximum absolute atomic E-state index is 12.2. The number of fused-ring (bicyclic) bond motifs is 1. The number of hydrogen-bond acceptors (Lipinski definition) is 6. The normalized spacial score (nSPS) is 11.0. The van der Waals surface area contributed by atoms with Crippen molar-refractivity contribution in [3.63, 3.8) is 0 Å². The molecule has 0 aliphatic heterocycles. The Morgan fingerprint density at radius 3 is 2.85 bits per heavy atom. The van der Waals surface area contributed by atoms with Gasteiger partial charge in [0, 0.05) is 29.0 Å². The summed E-state index contributed by atoms with van der Waals surface area (Å²) in [6.07, 6.45) is 1.81. The second-order valence-corrected chi connectivity index (χ2v) is 8.04. The molecule has 26 heavy (non-hydrogen) atoms. The maximum Gasteiger partial charge on any atom is 0.275 e. The summed E-state index contributed by atoms with van der Waals surface area (Å²) in [6, 6.07) is 8.42. The van der Waals surface area contributed by atoms with Crippen LogP contribution in [0, 0.1) is 0 Å². The number of benzene rings is 1. The number of aromatic nitrogens is 3. The molecule has 0 unspecified atom stereocenters. The van der Waals surface area contributed by atoms with Crippen LogP contribution in [0.1, 0.15) is 24.0 Å². The van der Waals surface area contributed by atoms with Crippen LogP contribution in [-0.2, 0) is 17.0 Å². The van der Waals surface area contributed by atoms with Gasteiger partial charge in [0.15, 0.2) is 0 Å². The molecule has 0 radical (unpaired) electrons. The number of carbonyl (C=O) groups is 1. The van der Waals surface area contributed by atoms with Crippen molar-refractivity contribution in [1.82, 2.24) is 14.6 Å². The lowest BCUT2D eigenvalue weighted by Gasteiger charge is -2.05. The molecule has 0 saturated carbocycles. The van der Waals surface area contributed by atoms with E-state index in [4.69, 9.17) is 11.6 Å². The first-order chi connectivity index (χ1) is 12.5. The number of rotatable bonds is 7. The van der Waals surface area contributed by atoms with E-state index in [-0.39, 0.29) is 17.2 Å². The van der Waals surface area contributed by atoms with Crippen LogP contribution in [0.3, 0.4) is 0 Å². The largest absolute Gasteiger partial charge is 0.325 e. The first-order valence-corrected chi connectivity index (χ1v) is 10.4. The highest BCUT2D eigenvalue weighted by atomic mass is 35.5. The Morgan fingerprint density at radius 2 is 2.12 bits per heavy atom. The molecule has 0 saturated heterocycles. The van der Waals surface area contributed by atoms with Crippen molar-refractivity contribution in [1.29, 1.82) is 0 Å². The van der Waals surface area contributed by atoms with Gasteiger partial charge in [-0.05, 0) is 30.7 Å². The fourth-order valence-electron chi connectivity index (χ4n) is 2.26. The minimum atomic E-state index is -0.185. The van der Waals surface area contributed by atoms with Crippen LogP contribution < -0.4 is 10.9 Å². The van der Waals surface area contributed by atoms with Crippen molar-refractivity contribution in [3.05, 3.63) is 56.4 Å². The van der Waals surface area contributed by atoms with E-state index < -0.39 is 0 Å². The van der Waals surface area contributed by atoms with Gasteiger partial charge in [0.2, 0.25) is 10.9 Å². The quantitative estimate of drug-likeness (QED) is 0.646. The summed E-state index contributed by atoms with van der Waals surface area (Å²) in [6.45, 7) is 2.07. The van der Waals surface area contributed by atoms with Crippen LogP contribution in [0.25, 0.3) is 4.96 Å². The third-order valence-corrected chi connectivity index (χ3v) is 5.60. The molecule has 1 aromatic carbocycles. The highest BCUT2D eigenvalue weighted by Gasteiger charge is 2.09. The number of thioether (sulfide) groups is 1. The van der Waals surface area contributed by atoms with Gasteiger partial charge in [0.25, 0.3) is 5.56 Å². The molecule has 0 aliphatic carbocycles. The van der Waals surface area contributed by atoms with Gasteiger partial charge in [0.05, 0.1) is 11.4 Å². The number of aryl methyl sites for hydroxylation is 1. The molecule has 136 valence electrons. The van der Waals surface area contributed by atoms with Crippen LogP contribution in [0.15, 0.2) is 35.1 Å². The average Bonchev–Trinajstić information content (AvgIpc) is 3.00. The van der Waals surface area contributed by atoms with E-state index in [9.17, 15) is 9.59 Å². The van der Waals surface area contributed by atoms with Gasteiger partial charge in [-0.3, -0.25) is 9.59 Å². The Morgan fingerprint density at radius 1 is 1.35 bits per heavy atom. The highest BCUT2D eigenvalue weighted by molar-refractivity contribution is 7.99. The summed E-state index contributed by atoms with van der Waals surface area (Å²) >= 11 is 8.66. The van der Waals surface area contributed by atoms with E-state index in [1.807, 2.05) is 0 Å². The molecular weight excluding hydrogens is 392 g/mol. The standard InChI is InChI=1S/C17H17ClN4O2S2/c1-2-3-15-21-22-16(24)8-13(20-17(22)26-15)9-25-10-14(23)19-12-6-4-11(18)5-7-12/h4-8H,2-3,9-10H2,1H3,(H,19,23). The van der Waals surface area contributed by atoms with E-state index in [0.717, 1.165) is 17.8 Å². The number of amides is 1. The first-order valence-electron chi connectivity index (χ1n) is 8.07. The first kappa shape index (κ1) is 18.9. The van der Waals surface area contributed by atoms with Gasteiger partial charge in [-0.15, -0.1) is 11.8 Å². The van der Waals surface area contributed by atoms with E-state index in [2.05, 4.69) is 22.3 Å². The summed E-state index contributed by atoms with van der Waals surface area (Å²) in [5, 5.41) is 8.61. The Labute approximate surface area is 163 Å². The van der Waals surface area contributed by atoms with E-state index in [0.29, 0.717) is 27.1 Å². The monoisotopic (exact) mass is 408 g/mol. The van der Waals surface area contributed by atoms with Crippen molar-refractivity contribution in [2.75, 3.05) is 11.1 Å². The SMILES string of the molecule is CCCc1nn2c(=O)cc(CSCC(=O)Nc3ccc(Cl)cc3)nc2s1. The van der Waals surface area contributed by atoms with E-state index in [1.165, 1.54) is 33.7 Å². The Balaban J connectivity index is 1.58. The Hall–Kier alpha value is -1.90. The van der Waals surface area contributed by atoms with Crippen LogP contribution in [0.4, 0.5) is 5.69 Å². The van der Waals surface area contributed by atoms with E-state index >= 15 is 0 Å². The lowest BCUT2D eigenvalue weighted by molar-refractivity contribution is -0.113. The molecule has 2 heterocycles. The number of halogens is 1. The topological polar surface area (TPSA) is 76.4 Å². The summed E-state index contributed by atoms with van der Waals surface area (Å²) in [7, 11) is 0. The minimum absolute atomic E-state index is 0.113. The van der Waals surface area contributed by atoms with Crippen molar-refractivity contribution >= 4 is 51.3 Å². The minimum Gasteiger partial charge on any atom is -0.325 e. The molecule has 1 N–H and O–H groups in total. The maximum atomic E-state index is 12.2. The predicted molar refractivity (Wildman–Crippen MR) is 107 cm³/mol. The molecule has 0 spiro atoms. The summed E-state index contributed by atoms with van der Waals surface area (Å²) in [4.78, 5) is 29.2. The van der Waals surface area contributed by atoms with Crippen LogP contribution in [0.5, 0.6) is 0 Å². The molecule has 2 aromatic heterocycles. The lowest BCUT2D eigenvalue weighted by Crippen LogP contribution is -2.16. The second-order valence-electron chi connectivity index (χ2n) is 5.57. The van der Waals surface area contributed by atoms with Gasteiger partial charge in [0.1, 0.15) is 5.01 Å². The molecular formula is C17H17ClN4O2S2. The average molecular weight is 409 g/mol. The molecule has 0 bridgehead atoms. The van der Waals surface area contributed by atoms with E-state index in [1.54, 1.807) is 24.3 Å². The molecule has 1 amide bonds. The van der Waals surface area contributed by atoms with Gasteiger partial charge < -0.3 is 5.32 Å². The summed E-state index contributed by atoms with van der Waals surface area (Å²) in [5.41, 5.74) is 1.17. The number of nitrogens with one attached hydrogen (secondary N) is 1. The lowest BCUT2D eigenvalue weighted by atomic mass is 10.3. The molecule has 0 aliphatic rings. The number of carbonyl (C=O) groups excluding carboxylic acids is 1. The third kappa shape index (κ3) is 4.84. The van der Waals surface area contributed by atoms with Crippen molar-refractivity contribution in [3.8, 4) is 0 Å². The highest BCUT2D eigenvalue weighted by Crippen LogP contribution is 2.17. The third-order valence-electron chi connectivity index (χ3n) is 3.41. The van der Waals surface area contributed by atoms with Crippen molar-refractivity contribution in [2.24, 2.45) is 0 Å². The molecule has 0 atom stereocenters. The fraction of sp³-hybridized carbons (Fsp3) is 0.294. The van der Waals surface area contributed by atoms with Gasteiger partial charge in [-0.1, -0.05) is 29.9 Å². The number of nitrogens with zero attached hydrogens (tertiary/aromatic N) is 3. The smallest absolute Gasteiger partial charge is 0.275 e. The fourth-order valence-corrected chi connectivity index (χ4v) is 4.13. The molecule has 0 fully saturated rings. The van der Waals surface area contributed by atoms with Crippen molar-refractivity contribution in [2.45, 2.75) is 25.5 Å². The molecule has 3 aromatic rings. The molecule has 3 rings (SSSR count). The zero-order chi connectivity index (χ0) is 18.5. The van der Waals surface area contributed by atoms with Crippen LogP contribution >= 0.6 is 34.7 Å². The van der Waals surface area contributed by atoms with Crippen LogP contribution in [0.2, 0.25) is 5.02 Å². The van der Waals surface area contributed by atoms with Crippen LogP contribution in [-0.4, -0.2) is 26.3 Å². The van der Waals surface area contributed by atoms with Gasteiger partial charge >= 0.3 is 0 Å². The Kier molecular flexibility index (Phi) is 6.29. The number of hydrogen-bond donors (Lipinski definition) is 1.